The molecule has 0 aliphatic rings. The van der Waals surface area contributed by atoms with Crippen molar-refractivity contribution < 1.29 is 18.7 Å². The molecule has 0 unspecified atom stereocenters. The highest BCUT2D eigenvalue weighted by Crippen LogP contribution is 2.33. The van der Waals surface area contributed by atoms with Gasteiger partial charge in [-0.2, -0.15) is 4.98 Å². The van der Waals surface area contributed by atoms with Crippen LogP contribution in [0.15, 0.2) is 82.5 Å². The Kier molecular flexibility index (Phi) is 7.36. The van der Waals surface area contributed by atoms with Crippen LogP contribution in [0.25, 0.3) is 17.1 Å². The zero-order valence-corrected chi connectivity index (χ0v) is 21.4. The van der Waals surface area contributed by atoms with E-state index in [-0.39, 0.29) is 0 Å². The Balaban J connectivity index is 1.40. The van der Waals surface area contributed by atoms with Crippen molar-refractivity contribution in [3.63, 3.8) is 0 Å². The van der Waals surface area contributed by atoms with Crippen LogP contribution in [0.2, 0.25) is 0 Å². The Labute approximate surface area is 218 Å². The van der Waals surface area contributed by atoms with E-state index in [2.05, 4.69) is 32.5 Å². The summed E-state index contributed by atoms with van der Waals surface area (Å²) in [6, 6.07) is 23.5. The van der Waals surface area contributed by atoms with Gasteiger partial charge in [0.15, 0.2) is 5.16 Å². The van der Waals surface area contributed by atoms with Crippen LogP contribution in [0.1, 0.15) is 17.3 Å². The van der Waals surface area contributed by atoms with Crippen LogP contribution in [0, 0.1) is 0 Å². The monoisotopic (exact) mass is 515 g/mol. The van der Waals surface area contributed by atoms with E-state index in [0.717, 1.165) is 33.5 Å². The van der Waals surface area contributed by atoms with Gasteiger partial charge in [-0.1, -0.05) is 47.3 Å². The molecule has 0 fully saturated rings. The van der Waals surface area contributed by atoms with Gasteiger partial charge in [0.1, 0.15) is 23.1 Å². The van der Waals surface area contributed by atoms with E-state index in [4.69, 9.17) is 18.7 Å². The topological polar surface area (TPSA) is 97.3 Å². The quantitative estimate of drug-likeness (QED) is 0.232. The number of methoxy groups -OCH3 is 3. The molecule has 0 radical (unpaired) electrons. The zero-order chi connectivity index (χ0) is 25.6. The molecule has 0 saturated carbocycles. The predicted molar refractivity (Wildman–Crippen MR) is 140 cm³/mol. The number of rotatable bonds is 10. The fraction of sp³-hybridized carbons (Fsp3) is 0.185. The zero-order valence-electron chi connectivity index (χ0n) is 20.6. The molecule has 2 aromatic heterocycles. The molecule has 0 N–H and O–H groups in total. The molecule has 0 amide bonds. The predicted octanol–water partition coefficient (Wildman–Crippen LogP) is 5.23. The van der Waals surface area contributed by atoms with Gasteiger partial charge in [0.25, 0.3) is 0 Å². The first-order valence-electron chi connectivity index (χ1n) is 11.5. The summed E-state index contributed by atoms with van der Waals surface area (Å²) in [6.45, 7) is 0. The average Bonchev–Trinajstić information content (AvgIpc) is 3.59. The van der Waals surface area contributed by atoms with Gasteiger partial charge in [-0.15, -0.1) is 10.2 Å². The number of benzene rings is 3. The van der Waals surface area contributed by atoms with Crippen molar-refractivity contribution in [2.24, 2.45) is 0 Å². The van der Waals surface area contributed by atoms with E-state index in [1.54, 1.807) is 27.4 Å². The summed E-state index contributed by atoms with van der Waals surface area (Å²) >= 11 is 1.47. The fourth-order valence-corrected chi connectivity index (χ4v) is 4.62. The fourth-order valence-electron chi connectivity index (χ4n) is 3.81. The van der Waals surface area contributed by atoms with Crippen molar-refractivity contribution in [1.82, 2.24) is 24.9 Å². The lowest BCUT2D eigenvalue weighted by atomic mass is 10.1. The molecule has 0 saturated heterocycles. The molecule has 3 aromatic carbocycles. The first-order chi connectivity index (χ1) is 18.2. The Morgan fingerprint density at radius 2 is 1.59 bits per heavy atom. The maximum Gasteiger partial charge on any atom is 0.237 e. The normalized spacial score (nSPS) is 10.9. The van der Waals surface area contributed by atoms with E-state index in [9.17, 15) is 0 Å². The minimum atomic E-state index is 0.422. The highest BCUT2D eigenvalue weighted by molar-refractivity contribution is 7.98. The largest absolute Gasteiger partial charge is 0.497 e. The minimum Gasteiger partial charge on any atom is -0.497 e. The van der Waals surface area contributed by atoms with Gasteiger partial charge < -0.3 is 18.7 Å². The van der Waals surface area contributed by atoms with Gasteiger partial charge in [0.2, 0.25) is 11.7 Å². The van der Waals surface area contributed by atoms with E-state index in [0.29, 0.717) is 35.4 Å². The Morgan fingerprint density at radius 3 is 2.32 bits per heavy atom. The molecule has 0 bridgehead atoms. The molecular weight excluding hydrogens is 490 g/mol. The van der Waals surface area contributed by atoms with Crippen LogP contribution in [0.4, 0.5) is 0 Å². The maximum absolute atomic E-state index is 5.53. The number of hydrogen-bond donors (Lipinski definition) is 0. The molecule has 10 heteroatoms. The van der Waals surface area contributed by atoms with Gasteiger partial charge in [-0.25, -0.2) is 0 Å². The SMILES string of the molecule is COc1ccc(-n2c(Cc3ccccc3)nnc2SCc2nc(-c3ccc(OC)cc3OC)no2)cc1. The number of nitrogens with zero attached hydrogens (tertiary/aromatic N) is 5. The van der Waals surface area contributed by atoms with Crippen LogP contribution in [-0.4, -0.2) is 46.2 Å². The lowest BCUT2D eigenvalue weighted by molar-refractivity contribution is 0.388. The second kappa shape index (κ2) is 11.2. The lowest BCUT2D eigenvalue weighted by Crippen LogP contribution is -2.04. The molecule has 0 spiro atoms. The van der Waals surface area contributed by atoms with Crippen LogP contribution >= 0.6 is 11.8 Å². The molecule has 0 atom stereocenters. The Morgan fingerprint density at radius 1 is 0.838 bits per heavy atom. The second-order valence-corrected chi connectivity index (χ2v) is 8.90. The highest BCUT2D eigenvalue weighted by atomic mass is 32.2. The lowest BCUT2D eigenvalue weighted by Gasteiger charge is -2.11. The third kappa shape index (κ3) is 5.44. The van der Waals surface area contributed by atoms with Gasteiger partial charge in [-0.05, 0) is 42.0 Å². The smallest absolute Gasteiger partial charge is 0.237 e. The van der Waals surface area contributed by atoms with Crippen molar-refractivity contribution in [1.29, 1.82) is 0 Å². The molecule has 0 aliphatic carbocycles. The molecule has 9 nitrogen and oxygen atoms in total. The third-order valence-electron chi connectivity index (χ3n) is 5.68. The summed E-state index contributed by atoms with van der Waals surface area (Å²) < 4.78 is 23.6. The summed E-state index contributed by atoms with van der Waals surface area (Å²) in [4.78, 5) is 4.57. The van der Waals surface area contributed by atoms with Crippen LogP contribution in [0.3, 0.4) is 0 Å². The van der Waals surface area contributed by atoms with Crippen molar-refractivity contribution in [3.8, 4) is 34.3 Å². The minimum absolute atomic E-state index is 0.422. The number of hydrogen-bond acceptors (Lipinski definition) is 9. The molecule has 5 rings (SSSR count). The number of aromatic nitrogens is 5. The van der Waals surface area contributed by atoms with E-state index < -0.39 is 0 Å². The second-order valence-electron chi connectivity index (χ2n) is 7.96. The molecule has 0 aliphatic heterocycles. The number of thioether (sulfide) groups is 1. The Bertz CT molecular complexity index is 1470. The van der Waals surface area contributed by atoms with Crippen molar-refractivity contribution in [2.45, 2.75) is 17.3 Å². The molecule has 188 valence electrons. The average molecular weight is 516 g/mol. The van der Waals surface area contributed by atoms with Gasteiger partial charge in [0, 0.05) is 18.2 Å². The summed E-state index contributed by atoms with van der Waals surface area (Å²) in [6.07, 6.45) is 0.641. The van der Waals surface area contributed by atoms with Crippen LogP contribution in [0.5, 0.6) is 17.2 Å². The van der Waals surface area contributed by atoms with Gasteiger partial charge in [-0.3, -0.25) is 4.57 Å². The van der Waals surface area contributed by atoms with Crippen LogP contribution < -0.4 is 14.2 Å². The first kappa shape index (κ1) is 24.4. The summed E-state index contributed by atoms with van der Waals surface area (Å²) in [7, 11) is 4.85. The van der Waals surface area contributed by atoms with E-state index in [1.807, 2.05) is 59.2 Å². The molecule has 5 aromatic rings. The number of ether oxygens (including phenoxy) is 3. The van der Waals surface area contributed by atoms with Gasteiger partial charge in [0.05, 0.1) is 32.6 Å². The Hall–Kier alpha value is -4.31. The van der Waals surface area contributed by atoms with Gasteiger partial charge >= 0.3 is 0 Å². The van der Waals surface area contributed by atoms with Crippen molar-refractivity contribution in [2.75, 3.05) is 21.3 Å². The van der Waals surface area contributed by atoms with Crippen LogP contribution in [-0.2, 0) is 12.2 Å². The van der Waals surface area contributed by atoms with Crippen molar-refractivity contribution >= 4 is 11.8 Å². The maximum atomic E-state index is 5.53. The summed E-state index contributed by atoms with van der Waals surface area (Å²) in [5, 5.41) is 13.8. The highest BCUT2D eigenvalue weighted by Gasteiger charge is 2.18. The third-order valence-corrected chi connectivity index (χ3v) is 6.59. The summed E-state index contributed by atoms with van der Waals surface area (Å²) in [5.74, 6) is 4.22. The molecular formula is C27H25N5O4S. The van der Waals surface area contributed by atoms with E-state index in [1.165, 1.54) is 11.8 Å². The standard InChI is InChI=1S/C27H25N5O4S/c1-33-20-11-9-19(10-12-20)32-24(15-18-7-5-4-6-8-18)29-30-27(32)37-17-25-28-26(31-36-25)22-14-13-21(34-2)16-23(22)35-3/h4-14,16H,15,17H2,1-3H3. The van der Waals surface area contributed by atoms with E-state index >= 15 is 0 Å². The molecule has 37 heavy (non-hydrogen) atoms. The van der Waals surface area contributed by atoms with Crippen molar-refractivity contribution in [3.05, 3.63) is 90.1 Å². The first-order valence-corrected chi connectivity index (χ1v) is 12.5. The summed E-state index contributed by atoms with van der Waals surface area (Å²) in [5.41, 5.74) is 2.81. The molecule has 2 heterocycles.